The molecule has 0 atom stereocenters. The molecule has 212 valence electrons. The lowest BCUT2D eigenvalue weighted by molar-refractivity contribution is -0.137. The third kappa shape index (κ3) is 25.4. The summed E-state index contributed by atoms with van der Waals surface area (Å²) in [5, 5.41) is 46.4. The van der Waals surface area contributed by atoms with Gasteiger partial charge in [-0.3, -0.25) is 4.79 Å². The van der Waals surface area contributed by atoms with Crippen LogP contribution in [0.4, 0.5) is 0 Å². The highest BCUT2D eigenvalue weighted by molar-refractivity contribution is 5.66. The number of nitrogens with two attached hydrogens (primary N) is 3. The average Bonchev–Trinajstić information content (AvgIpc) is 2.86. The fraction of sp³-hybridized carbons (Fsp3) is 0.864. The number of aliphatic carboxylic acids is 1. The van der Waals surface area contributed by atoms with E-state index in [-0.39, 0.29) is 65.2 Å². The van der Waals surface area contributed by atoms with Crippen molar-refractivity contribution >= 4 is 5.97 Å². The number of carbonyl (C=O) groups is 1. The van der Waals surface area contributed by atoms with Crippen molar-refractivity contribution in [1.29, 1.82) is 0 Å². The third-order valence-corrected chi connectivity index (χ3v) is 4.21. The van der Waals surface area contributed by atoms with Crippen molar-refractivity contribution in [1.82, 2.24) is 5.01 Å². The number of carboxylic acid groups (broad SMARTS) is 1. The van der Waals surface area contributed by atoms with E-state index in [1.54, 1.807) is 6.20 Å². The van der Waals surface area contributed by atoms with Gasteiger partial charge in [0.05, 0.1) is 58.6 Å². The van der Waals surface area contributed by atoms with Gasteiger partial charge in [0, 0.05) is 25.1 Å². The second kappa shape index (κ2) is 28.7. The number of ether oxygens (including phenoxy) is 3. The van der Waals surface area contributed by atoms with Crippen LogP contribution in [0.15, 0.2) is 11.9 Å². The summed E-state index contributed by atoms with van der Waals surface area (Å²) in [6.07, 6.45) is 2.31. The van der Waals surface area contributed by atoms with Gasteiger partial charge in [-0.05, 0) is 19.9 Å². The SMILES string of the molecule is CC.CN.N/C(=C\N(N)CCCCCC(=O)O)COCC(COC(CO)CO)COC(CO)CO. The zero-order valence-corrected chi connectivity index (χ0v) is 21.6. The Bertz CT molecular complexity index is 464. The van der Waals surface area contributed by atoms with E-state index in [9.17, 15) is 4.79 Å². The topological polar surface area (TPSA) is 227 Å². The van der Waals surface area contributed by atoms with Gasteiger partial charge in [-0.25, -0.2) is 5.84 Å². The highest BCUT2D eigenvalue weighted by atomic mass is 16.5. The fourth-order valence-corrected chi connectivity index (χ4v) is 2.42. The minimum atomic E-state index is -0.813. The summed E-state index contributed by atoms with van der Waals surface area (Å²) in [6, 6.07) is 0. The van der Waals surface area contributed by atoms with Crippen molar-refractivity contribution in [2.24, 2.45) is 23.2 Å². The van der Waals surface area contributed by atoms with Gasteiger partial charge in [0.25, 0.3) is 0 Å². The van der Waals surface area contributed by atoms with Gasteiger partial charge in [0.15, 0.2) is 0 Å². The number of aliphatic hydroxyl groups excluding tert-OH is 4. The minimum Gasteiger partial charge on any atom is -0.481 e. The van der Waals surface area contributed by atoms with Crippen molar-refractivity contribution in [3.63, 3.8) is 0 Å². The lowest BCUT2D eigenvalue weighted by Crippen LogP contribution is -2.32. The van der Waals surface area contributed by atoms with Crippen LogP contribution in [0.1, 0.15) is 39.5 Å². The molecule has 0 spiro atoms. The number of carboxylic acids is 1. The van der Waals surface area contributed by atoms with Gasteiger partial charge in [-0.2, -0.15) is 0 Å². The third-order valence-electron chi connectivity index (χ3n) is 4.21. The van der Waals surface area contributed by atoms with Crippen molar-refractivity contribution in [2.75, 3.05) is 66.4 Å². The molecule has 0 aromatic rings. The summed E-state index contributed by atoms with van der Waals surface area (Å²) in [6.45, 7) is 3.71. The molecule has 0 radical (unpaired) electrons. The number of rotatable bonds is 21. The maximum absolute atomic E-state index is 10.5. The van der Waals surface area contributed by atoms with Crippen molar-refractivity contribution in [2.45, 2.75) is 51.7 Å². The predicted molar refractivity (Wildman–Crippen MR) is 133 cm³/mol. The molecule has 0 aliphatic carbocycles. The van der Waals surface area contributed by atoms with Gasteiger partial charge < -0.3 is 56.2 Å². The highest BCUT2D eigenvalue weighted by Gasteiger charge is 2.16. The zero-order chi connectivity index (χ0) is 27.5. The van der Waals surface area contributed by atoms with Crippen LogP contribution >= 0.6 is 0 Å². The molecule has 0 aromatic carbocycles. The van der Waals surface area contributed by atoms with Gasteiger partial charge in [-0.15, -0.1) is 0 Å². The summed E-state index contributed by atoms with van der Waals surface area (Å²) >= 11 is 0. The first kappa shape index (κ1) is 38.0. The van der Waals surface area contributed by atoms with Crippen molar-refractivity contribution < 1.29 is 44.5 Å². The van der Waals surface area contributed by atoms with Crippen LogP contribution in [0, 0.1) is 5.92 Å². The Labute approximate surface area is 209 Å². The molecular weight excluding hydrogens is 464 g/mol. The number of nitrogens with zero attached hydrogens (tertiary/aromatic N) is 1. The number of hydrazine groups is 1. The van der Waals surface area contributed by atoms with E-state index < -0.39 is 18.2 Å². The molecule has 0 aliphatic heterocycles. The van der Waals surface area contributed by atoms with Crippen molar-refractivity contribution in [3.05, 3.63) is 11.9 Å². The molecule has 0 saturated heterocycles. The summed E-state index contributed by atoms with van der Waals surface area (Å²) < 4.78 is 16.4. The maximum atomic E-state index is 10.5. The molecule has 0 unspecified atom stereocenters. The molecule has 0 saturated carbocycles. The minimum absolute atomic E-state index is 0.0933. The van der Waals surface area contributed by atoms with Gasteiger partial charge >= 0.3 is 5.97 Å². The molecule has 0 bridgehead atoms. The van der Waals surface area contributed by atoms with E-state index in [1.807, 2.05) is 13.8 Å². The van der Waals surface area contributed by atoms with E-state index in [4.69, 9.17) is 51.3 Å². The summed E-state index contributed by atoms with van der Waals surface area (Å²) in [5.74, 6) is 4.73. The quantitative estimate of drug-likeness (QED) is 0.0500. The van der Waals surface area contributed by atoms with E-state index in [0.717, 1.165) is 12.8 Å². The van der Waals surface area contributed by atoms with Crippen LogP contribution in [0.3, 0.4) is 0 Å². The van der Waals surface area contributed by atoms with E-state index in [1.165, 1.54) is 12.1 Å². The Morgan fingerprint density at radius 1 is 0.886 bits per heavy atom. The van der Waals surface area contributed by atoms with E-state index in [2.05, 4.69) is 5.73 Å². The second-order valence-electron chi connectivity index (χ2n) is 7.17. The molecule has 0 aromatic heterocycles. The largest absolute Gasteiger partial charge is 0.481 e. The molecule has 0 fully saturated rings. The Hall–Kier alpha value is -1.55. The second-order valence-corrected chi connectivity index (χ2v) is 7.17. The number of hydrogen-bond acceptors (Lipinski definition) is 12. The van der Waals surface area contributed by atoms with E-state index in [0.29, 0.717) is 18.7 Å². The number of hydrogen-bond donors (Lipinski definition) is 8. The smallest absolute Gasteiger partial charge is 0.303 e. The molecular formula is C22H50N4O9. The molecule has 0 amide bonds. The van der Waals surface area contributed by atoms with Gasteiger partial charge in [0.2, 0.25) is 0 Å². The summed E-state index contributed by atoms with van der Waals surface area (Å²) in [4.78, 5) is 10.5. The molecule has 13 heteroatoms. The first-order chi connectivity index (χ1) is 16.9. The van der Waals surface area contributed by atoms with Crippen LogP contribution in [0.25, 0.3) is 0 Å². The molecule has 35 heavy (non-hydrogen) atoms. The monoisotopic (exact) mass is 514 g/mol. The summed E-state index contributed by atoms with van der Waals surface area (Å²) in [7, 11) is 1.50. The summed E-state index contributed by atoms with van der Waals surface area (Å²) in [5.41, 5.74) is 10.8. The normalized spacial score (nSPS) is 11.3. The van der Waals surface area contributed by atoms with Crippen LogP contribution < -0.4 is 17.3 Å². The molecule has 0 rings (SSSR count). The Kier molecular flexibility index (Phi) is 31.1. The predicted octanol–water partition coefficient (Wildman–Crippen LogP) is -1.42. The molecule has 0 heterocycles. The van der Waals surface area contributed by atoms with Crippen LogP contribution in [-0.4, -0.2) is 115 Å². The maximum Gasteiger partial charge on any atom is 0.303 e. The standard InChI is InChI=1S/C19H39N3O9.C2H6.CH5N/c20-16(6-22(21)5-3-1-2-4-19(27)28)14-29-11-15(12-30-17(7-23)8-24)13-31-18(9-25)10-26;2*1-2/h6,15,17-18,23-26H,1-5,7-14,20-21H2,(H,27,28);1-2H3;2H2,1H3/b16-6-;;. The number of aliphatic hydroxyl groups is 4. The zero-order valence-electron chi connectivity index (χ0n) is 21.6. The lowest BCUT2D eigenvalue weighted by atomic mass is 10.2. The van der Waals surface area contributed by atoms with Gasteiger partial charge in [-0.1, -0.05) is 20.3 Å². The van der Waals surface area contributed by atoms with Crippen molar-refractivity contribution in [3.8, 4) is 0 Å². The first-order valence-corrected chi connectivity index (χ1v) is 11.9. The van der Waals surface area contributed by atoms with Crippen LogP contribution in [0.5, 0.6) is 0 Å². The van der Waals surface area contributed by atoms with Crippen LogP contribution in [-0.2, 0) is 19.0 Å². The molecule has 11 N–H and O–H groups in total. The Morgan fingerprint density at radius 3 is 1.80 bits per heavy atom. The van der Waals surface area contributed by atoms with Crippen LogP contribution in [0.2, 0.25) is 0 Å². The lowest BCUT2D eigenvalue weighted by Gasteiger charge is -2.22. The first-order valence-electron chi connectivity index (χ1n) is 11.9. The van der Waals surface area contributed by atoms with E-state index >= 15 is 0 Å². The number of unbranched alkanes of at least 4 members (excludes halogenated alkanes) is 2. The Balaban J connectivity index is -0.00000242. The molecule has 13 nitrogen and oxygen atoms in total. The molecule has 0 aliphatic rings. The fourth-order valence-electron chi connectivity index (χ4n) is 2.42. The Morgan fingerprint density at radius 2 is 1.37 bits per heavy atom. The average molecular weight is 515 g/mol. The van der Waals surface area contributed by atoms with Gasteiger partial charge in [0.1, 0.15) is 12.2 Å². The highest BCUT2D eigenvalue weighted by Crippen LogP contribution is 2.06.